The minimum absolute atomic E-state index is 0.114. The average Bonchev–Trinajstić information content (AvgIpc) is 2.37. The number of rotatable bonds is 4. The molecule has 7 heteroatoms. The summed E-state index contributed by atoms with van der Waals surface area (Å²) in [5.74, 6) is 2.05. The van der Waals surface area contributed by atoms with Crippen LogP contribution in [0.2, 0.25) is 0 Å². The number of nitrogen functional groups attached to an aromatic ring is 2. The Balaban J connectivity index is 2.28. The number of nitrogens with zero attached hydrogens (tertiary/aromatic N) is 3. The molecule has 0 bridgehead atoms. The van der Waals surface area contributed by atoms with Crippen LogP contribution in [0.1, 0.15) is 11.4 Å². The first-order valence-electron chi connectivity index (χ1n) is 5.59. The van der Waals surface area contributed by atoms with E-state index in [1.807, 2.05) is 18.2 Å². The van der Waals surface area contributed by atoms with Crippen LogP contribution in [-0.2, 0) is 6.42 Å². The average molecular weight is 261 g/mol. The number of benzene rings is 1. The number of aromatic nitrogens is 3. The molecule has 0 atom stereocenters. The van der Waals surface area contributed by atoms with Crippen LogP contribution < -0.4 is 20.9 Å². The van der Waals surface area contributed by atoms with E-state index in [-0.39, 0.29) is 11.9 Å². The molecule has 2 aromatic rings. The first kappa shape index (κ1) is 12.9. The number of hydrogen-bond acceptors (Lipinski definition) is 7. The lowest BCUT2D eigenvalue weighted by atomic mass is 10.1. The number of methoxy groups -OCH3 is 2. The van der Waals surface area contributed by atoms with Crippen molar-refractivity contribution in [2.24, 2.45) is 0 Å². The van der Waals surface area contributed by atoms with E-state index in [0.29, 0.717) is 23.7 Å². The van der Waals surface area contributed by atoms with Gasteiger partial charge in [-0.15, -0.1) is 0 Å². The van der Waals surface area contributed by atoms with Gasteiger partial charge in [-0.3, -0.25) is 0 Å². The van der Waals surface area contributed by atoms with Crippen molar-refractivity contribution in [2.75, 3.05) is 25.7 Å². The predicted octanol–water partition coefficient (Wildman–Crippen LogP) is 0.644. The molecule has 0 aliphatic rings. The quantitative estimate of drug-likeness (QED) is 0.831. The second-order valence-corrected chi connectivity index (χ2v) is 3.83. The fourth-order valence-electron chi connectivity index (χ4n) is 1.71. The van der Waals surface area contributed by atoms with E-state index >= 15 is 0 Å². The fraction of sp³-hybridized carbons (Fsp3) is 0.250. The first-order chi connectivity index (χ1) is 9.12. The van der Waals surface area contributed by atoms with E-state index in [1.165, 1.54) is 0 Å². The van der Waals surface area contributed by atoms with Crippen molar-refractivity contribution in [3.05, 3.63) is 29.6 Å². The lowest BCUT2D eigenvalue weighted by Crippen LogP contribution is -2.07. The molecule has 0 spiro atoms. The van der Waals surface area contributed by atoms with Gasteiger partial charge >= 0.3 is 0 Å². The standard InChI is InChI=1S/C12H15N5O2/c1-18-8-4-3-7(5-9(8)19-2)6-10-15-11(13)17-12(14)16-10/h3-5H,6H2,1-2H3,(H4,13,14,15,16,17). The Hall–Kier alpha value is -2.57. The van der Waals surface area contributed by atoms with E-state index in [4.69, 9.17) is 20.9 Å². The summed E-state index contributed by atoms with van der Waals surface area (Å²) in [6.45, 7) is 0. The van der Waals surface area contributed by atoms with Crippen LogP contribution in [-0.4, -0.2) is 29.2 Å². The summed E-state index contributed by atoms with van der Waals surface area (Å²) in [5, 5.41) is 0. The van der Waals surface area contributed by atoms with Gasteiger partial charge in [-0.1, -0.05) is 6.07 Å². The van der Waals surface area contributed by atoms with Gasteiger partial charge < -0.3 is 20.9 Å². The third-order valence-electron chi connectivity index (χ3n) is 2.53. The van der Waals surface area contributed by atoms with Gasteiger partial charge in [0.25, 0.3) is 0 Å². The molecule has 100 valence electrons. The Labute approximate surface area is 110 Å². The minimum atomic E-state index is 0.114. The van der Waals surface area contributed by atoms with Crippen molar-refractivity contribution in [1.82, 2.24) is 15.0 Å². The first-order valence-corrected chi connectivity index (χ1v) is 5.59. The Morgan fingerprint density at radius 1 is 0.947 bits per heavy atom. The van der Waals surface area contributed by atoms with Crippen molar-refractivity contribution in [2.45, 2.75) is 6.42 Å². The number of ether oxygens (including phenoxy) is 2. The summed E-state index contributed by atoms with van der Waals surface area (Å²) in [7, 11) is 3.17. The SMILES string of the molecule is COc1ccc(Cc2nc(N)nc(N)n2)cc1OC. The maximum absolute atomic E-state index is 5.53. The van der Waals surface area contributed by atoms with E-state index < -0.39 is 0 Å². The molecule has 0 aliphatic carbocycles. The third kappa shape index (κ3) is 3.01. The van der Waals surface area contributed by atoms with Crippen molar-refractivity contribution in [3.63, 3.8) is 0 Å². The van der Waals surface area contributed by atoms with Crippen LogP contribution in [0.5, 0.6) is 11.5 Å². The number of hydrogen-bond donors (Lipinski definition) is 2. The highest BCUT2D eigenvalue weighted by Gasteiger charge is 2.08. The van der Waals surface area contributed by atoms with E-state index in [1.54, 1.807) is 14.2 Å². The summed E-state index contributed by atoms with van der Waals surface area (Å²) in [5.41, 5.74) is 12.0. The monoisotopic (exact) mass is 261 g/mol. The highest BCUT2D eigenvalue weighted by molar-refractivity contribution is 5.43. The highest BCUT2D eigenvalue weighted by Crippen LogP contribution is 2.28. The second-order valence-electron chi connectivity index (χ2n) is 3.83. The van der Waals surface area contributed by atoms with Crippen LogP contribution in [0.4, 0.5) is 11.9 Å². The molecule has 4 N–H and O–H groups in total. The van der Waals surface area contributed by atoms with Crippen LogP contribution >= 0.6 is 0 Å². The number of anilines is 2. The smallest absolute Gasteiger partial charge is 0.225 e. The molecule has 1 heterocycles. The lowest BCUT2D eigenvalue weighted by Gasteiger charge is -2.09. The van der Waals surface area contributed by atoms with E-state index in [0.717, 1.165) is 5.56 Å². The van der Waals surface area contributed by atoms with Crippen LogP contribution in [0.25, 0.3) is 0 Å². The molecule has 0 radical (unpaired) electrons. The van der Waals surface area contributed by atoms with Crippen LogP contribution in [0, 0.1) is 0 Å². The van der Waals surface area contributed by atoms with Crippen LogP contribution in [0.3, 0.4) is 0 Å². The van der Waals surface area contributed by atoms with Gasteiger partial charge in [0.1, 0.15) is 5.82 Å². The fourth-order valence-corrected chi connectivity index (χ4v) is 1.71. The molecule has 0 fully saturated rings. The molecule has 0 saturated carbocycles. The largest absolute Gasteiger partial charge is 0.493 e. The topological polar surface area (TPSA) is 109 Å². The van der Waals surface area contributed by atoms with Gasteiger partial charge in [0.15, 0.2) is 11.5 Å². The summed E-state index contributed by atoms with van der Waals surface area (Å²) >= 11 is 0. The van der Waals surface area contributed by atoms with Gasteiger partial charge in [-0.2, -0.15) is 15.0 Å². The van der Waals surface area contributed by atoms with Crippen molar-refractivity contribution >= 4 is 11.9 Å². The minimum Gasteiger partial charge on any atom is -0.493 e. The summed E-state index contributed by atoms with van der Waals surface area (Å²) in [6.07, 6.45) is 0.483. The van der Waals surface area contributed by atoms with Crippen molar-refractivity contribution < 1.29 is 9.47 Å². The zero-order valence-corrected chi connectivity index (χ0v) is 10.8. The number of nitrogens with two attached hydrogens (primary N) is 2. The van der Waals surface area contributed by atoms with Gasteiger partial charge in [-0.25, -0.2) is 0 Å². The van der Waals surface area contributed by atoms with Crippen molar-refractivity contribution in [1.29, 1.82) is 0 Å². The Bertz CT molecular complexity index is 568. The normalized spacial score (nSPS) is 10.2. The summed E-state index contributed by atoms with van der Waals surface area (Å²) < 4.78 is 10.4. The molecule has 2 rings (SSSR count). The van der Waals surface area contributed by atoms with Crippen molar-refractivity contribution in [3.8, 4) is 11.5 Å². The summed E-state index contributed by atoms with van der Waals surface area (Å²) in [6, 6.07) is 5.58. The highest BCUT2D eigenvalue weighted by atomic mass is 16.5. The van der Waals surface area contributed by atoms with E-state index in [9.17, 15) is 0 Å². The molecule has 0 aliphatic heterocycles. The van der Waals surface area contributed by atoms with Crippen LogP contribution in [0.15, 0.2) is 18.2 Å². The third-order valence-corrected chi connectivity index (χ3v) is 2.53. The lowest BCUT2D eigenvalue weighted by molar-refractivity contribution is 0.354. The zero-order valence-electron chi connectivity index (χ0n) is 10.8. The maximum atomic E-state index is 5.53. The summed E-state index contributed by atoms with van der Waals surface area (Å²) in [4.78, 5) is 11.8. The zero-order chi connectivity index (χ0) is 13.8. The molecule has 0 saturated heterocycles. The van der Waals surface area contributed by atoms with Gasteiger partial charge in [0.2, 0.25) is 11.9 Å². The van der Waals surface area contributed by atoms with Gasteiger partial charge in [-0.05, 0) is 17.7 Å². The Morgan fingerprint density at radius 3 is 2.16 bits per heavy atom. The Morgan fingerprint density at radius 2 is 1.58 bits per heavy atom. The second kappa shape index (κ2) is 5.38. The molecule has 0 unspecified atom stereocenters. The van der Waals surface area contributed by atoms with E-state index in [2.05, 4.69) is 15.0 Å². The molecule has 7 nitrogen and oxygen atoms in total. The Kier molecular flexibility index (Phi) is 3.65. The van der Waals surface area contributed by atoms with Gasteiger partial charge in [0, 0.05) is 6.42 Å². The predicted molar refractivity (Wildman–Crippen MR) is 71.0 cm³/mol. The molecule has 1 aromatic heterocycles. The molecule has 19 heavy (non-hydrogen) atoms. The molecule has 1 aromatic carbocycles. The molecule has 0 amide bonds. The molecular weight excluding hydrogens is 246 g/mol. The van der Waals surface area contributed by atoms with Gasteiger partial charge in [0.05, 0.1) is 14.2 Å². The molecular formula is C12H15N5O2. The maximum Gasteiger partial charge on any atom is 0.225 e.